The van der Waals surface area contributed by atoms with Crippen molar-refractivity contribution < 1.29 is 4.21 Å². The molecule has 0 aliphatic rings. The van der Waals surface area contributed by atoms with Crippen LogP contribution in [0.5, 0.6) is 0 Å². The number of rotatable bonds is 3. The van der Waals surface area contributed by atoms with Gasteiger partial charge in [-0.15, -0.1) is 0 Å². The molecule has 0 aliphatic carbocycles. The minimum Gasteiger partial charge on any atom is -0.234 e. The molecule has 1 atom stereocenters. The number of nitrogens with zero attached hydrogens (tertiary/aromatic N) is 1. The van der Waals surface area contributed by atoms with Crippen LogP contribution in [-0.2, 0) is 11.0 Å². The Labute approximate surface area is 77.4 Å². The lowest BCUT2D eigenvalue weighted by molar-refractivity contribution is 0.651. The Morgan fingerprint density at radius 2 is 2.08 bits per heavy atom. The van der Waals surface area contributed by atoms with E-state index in [1.54, 1.807) is 6.21 Å². The molecule has 0 aromatic carbocycles. The summed E-state index contributed by atoms with van der Waals surface area (Å²) in [4.78, 5) is 0. The first-order valence-electron chi connectivity index (χ1n) is 4.01. The van der Waals surface area contributed by atoms with E-state index in [2.05, 4.69) is 11.0 Å². The van der Waals surface area contributed by atoms with Gasteiger partial charge in [-0.1, -0.05) is 13.5 Å². The van der Waals surface area contributed by atoms with Crippen molar-refractivity contribution in [3.8, 4) is 0 Å². The van der Waals surface area contributed by atoms with E-state index in [-0.39, 0.29) is 4.75 Å². The fraction of sp³-hybridized carbons (Fsp3) is 0.667. The second kappa shape index (κ2) is 4.55. The average Bonchev–Trinajstić information content (AvgIpc) is 1.97. The molecule has 0 saturated heterocycles. The fourth-order valence-corrected chi connectivity index (χ4v) is 0.933. The van der Waals surface area contributed by atoms with Crippen LogP contribution in [0.1, 0.15) is 34.1 Å². The first kappa shape index (κ1) is 11.6. The largest absolute Gasteiger partial charge is 0.234 e. The quantitative estimate of drug-likeness (QED) is 0.624. The highest BCUT2D eigenvalue weighted by molar-refractivity contribution is 7.85. The molecule has 12 heavy (non-hydrogen) atoms. The molecule has 0 aromatic heterocycles. The molecule has 0 amide bonds. The monoisotopic (exact) mass is 187 g/mol. The van der Waals surface area contributed by atoms with Crippen molar-refractivity contribution in [2.45, 2.75) is 38.9 Å². The smallest absolute Gasteiger partial charge is 0.144 e. The molecule has 70 valence electrons. The van der Waals surface area contributed by atoms with E-state index in [0.717, 1.165) is 12.0 Å². The second-order valence-electron chi connectivity index (χ2n) is 3.61. The zero-order valence-corrected chi connectivity index (χ0v) is 9.07. The molecule has 0 spiro atoms. The molecule has 2 nitrogen and oxygen atoms in total. The summed E-state index contributed by atoms with van der Waals surface area (Å²) < 4.78 is 15.0. The van der Waals surface area contributed by atoms with Crippen LogP contribution in [0.2, 0.25) is 0 Å². The van der Waals surface area contributed by atoms with Gasteiger partial charge >= 0.3 is 0 Å². The summed E-state index contributed by atoms with van der Waals surface area (Å²) in [6, 6.07) is 0. The fourth-order valence-electron chi connectivity index (χ4n) is 0.372. The standard InChI is InChI=1S/C9H17NOS/c1-6-8(2)7-10-12(11)9(3,4)5/h7H,2,6H2,1,3-5H3/b10-7+. The zero-order chi connectivity index (χ0) is 9.78. The number of allylic oxidation sites excluding steroid dienone is 1. The van der Waals surface area contributed by atoms with Crippen molar-refractivity contribution in [3.63, 3.8) is 0 Å². The van der Waals surface area contributed by atoms with Gasteiger partial charge in [-0.2, -0.15) is 4.40 Å². The van der Waals surface area contributed by atoms with E-state index >= 15 is 0 Å². The lowest BCUT2D eigenvalue weighted by Gasteiger charge is -2.12. The molecule has 0 rings (SSSR count). The SMILES string of the molecule is C=C(/C=N/S(=O)C(C)(C)C)CC. The van der Waals surface area contributed by atoms with Crippen LogP contribution in [0.15, 0.2) is 16.5 Å². The Hall–Kier alpha value is -0.440. The third-order valence-corrected chi connectivity index (χ3v) is 2.65. The summed E-state index contributed by atoms with van der Waals surface area (Å²) in [6.07, 6.45) is 2.45. The summed E-state index contributed by atoms with van der Waals surface area (Å²) >= 11 is 0. The van der Waals surface area contributed by atoms with Crippen molar-refractivity contribution >= 4 is 17.2 Å². The van der Waals surface area contributed by atoms with Crippen molar-refractivity contribution in [3.05, 3.63) is 12.2 Å². The summed E-state index contributed by atoms with van der Waals surface area (Å²) in [5.41, 5.74) is 0.910. The predicted octanol–water partition coefficient (Wildman–Crippen LogP) is 2.49. The number of hydrogen-bond donors (Lipinski definition) is 0. The van der Waals surface area contributed by atoms with Crippen LogP contribution < -0.4 is 0 Å². The Morgan fingerprint density at radius 1 is 1.58 bits per heavy atom. The highest BCUT2D eigenvalue weighted by Gasteiger charge is 2.17. The lowest BCUT2D eigenvalue weighted by atomic mass is 10.3. The maximum Gasteiger partial charge on any atom is 0.144 e. The maximum absolute atomic E-state index is 11.4. The van der Waals surface area contributed by atoms with Gasteiger partial charge in [-0.25, -0.2) is 4.21 Å². The molecule has 0 N–H and O–H groups in total. The molecule has 3 heteroatoms. The van der Waals surface area contributed by atoms with Gasteiger partial charge in [0.2, 0.25) is 0 Å². The van der Waals surface area contributed by atoms with E-state index < -0.39 is 11.0 Å². The van der Waals surface area contributed by atoms with Gasteiger partial charge in [0.15, 0.2) is 0 Å². The van der Waals surface area contributed by atoms with Gasteiger partial charge in [0.05, 0.1) is 4.75 Å². The maximum atomic E-state index is 11.4. The van der Waals surface area contributed by atoms with E-state index in [9.17, 15) is 4.21 Å². The van der Waals surface area contributed by atoms with Crippen LogP contribution in [0.25, 0.3) is 0 Å². The average molecular weight is 187 g/mol. The predicted molar refractivity (Wildman–Crippen MR) is 55.8 cm³/mol. The molecule has 0 fully saturated rings. The Bertz CT molecular complexity index is 213. The van der Waals surface area contributed by atoms with Crippen LogP contribution in [0.3, 0.4) is 0 Å². The number of hydrogen-bond acceptors (Lipinski definition) is 1. The summed E-state index contributed by atoms with van der Waals surface area (Å²) in [5, 5.41) is 0. The third kappa shape index (κ3) is 4.44. The minimum atomic E-state index is -1.15. The van der Waals surface area contributed by atoms with E-state index in [4.69, 9.17) is 0 Å². The topological polar surface area (TPSA) is 29.4 Å². The molecule has 0 aromatic rings. The first-order chi connectivity index (χ1) is 5.38. The van der Waals surface area contributed by atoms with Gasteiger partial charge < -0.3 is 0 Å². The summed E-state index contributed by atoms with van der Waals surface area (Å²) in [6.45, 7) is 11.4. The summed E-state index contributed by atoms with van der Waals surface area (Å²) in [7, 11) is -1.15. The second-order valence-corrected chi connectivity index (χ2v) is 5.54. The third-order valence-electron chi connectivity index (χ3n) is 1.31. The molecule has 0 saturated carbocycles. The van der Waals surface area contributed by atoms with E-state index in [0.29, 0.717) is 0 Å². The van der Waals surface area contributed by atoms with Gasteiger partial charge in [-0.05, 0) is 32.8 Å². The molecule has 1 unspecified atom stereocenters. The molecule has 0 aliphatic heterocycles. The zero-order valence-electron chi connectivity index (χ0n) is 8.26. The highest BCUT2D eigenvalue weighted by Crippen LogP contribution is 2.11. The molecule has 0 heterocycles. The van der Waals surface area contributed by atoms with Crippen molar-refractivity contribution in [1.29, 1.82) is 0 Å². The molecular weight excluding hydrogens is 170 g/mol. The van der Waals surface area contributed by atoms with Crippen molar-refractivity contribution in [2.24, 2.45) is 4.40 Å². The van der Waals surface area contributed by atoms with Crippen LogP contribution in [-0.4, -0.2) is 15.2 Å². The Balaban J connectivity index is 4.19. The van der Waals surface area contributed by atoms with Gasteiger partial charge in [0, 0.05) is 6.21 Å². The molecule has 0 radical (unpaired) electrons. The lowest BCUT2D eigenvalue weighted by Crippen LogP contribution is -2.19. The van der Waals surface area contributed by atoms with E-state index in [1.165, 1.54) is 0 Å². The van der Waals surface area contributed by atoms with Gasteiger partial charge in [0.25, 0.3) is 0 Å². The van der Waals surface area contributed by atoms with Crippen LogP contribution in [0, 0.1) is 0 Å². The first-order valence-corrected chi connectivity index (χ1v) is 5.12. The summed E-state index contributed by atoms with van der Waals surface area (Å²) in [5.74, 6) is 0. The van der Waals surface area contributed by atoms with Gasteiger partial charge in [0.1, 0.15) is 11.0 Å². The van der Waals surface area contributed by atoms with Gasteiger partial charge in [-0.3, -0.25) is 0 Å². The van der Waals surface area contributed by atoms with Crippen LogP contribution in [0.4, 0.5) is 0 Å². The highest BCUT2D eigenvalue weighted by atomic mass is 32.2. The minimum absolute atomic E-state index is 0.273. The molecule has 0 bridgehead atoms. The van der Waals surface area contributed by atoms with Crippen molar-refractivity contribution in [1.82, 2.24) is 0 Å². The van der Waals surface area contributed by atoms with E-state index in [1.807, 2.05) is 27.7 Å². The normalized spacial score (nSPS) is 15.0. The van der Waals surface area contributed by atoms with Crippen molar-refractivity contribution in [2.75, 3.05) is 0 Å². The molecular formula is C9H17NOS. The van der Waals surface area contributed by atoms with Crippen LogP contribution >= 0.6 is 0 Å². The Morgan fingerprint density at radius 3 is 2.42 bits per heavy atom. The Kier molecular flexibility index (Phi) is 4.39.